The van der Waals surface area contributed by atoms with E-state index in [1.807, 2.05) is 0 Å². The summed E-state index contributed by atoms with van der Waals surface area (Å²) in [6, 6.07) is 32.0. The van der Waals surface area contributed by atoms with Gasteiger partial charge in [-0.1, -0.05) is 91.0 Å². The summed E-state index contributed by atoms with van der Waals surface area (Å²) in [5.41, 5.74) is 6.66. The zero-order valence-corrected chi connectivity index (χ0v) is 12.9. The molecule has 3 aromatic carbocycles. The maximum atomic E-state index is 2.22. The lowest BCUT2D eigenvalue weighted by Gasteiger charge is -2.14. The molecule has 0 fully saturated rings. The van der Waals surface area contributed by atoms with Crippen LogP contribution < -0.4 is 0 Å². The van der Waals surface area contributed by atoms with E-state index in [-0.39, 0.29) is 0 Å². The molecular weight excluding hydrogens is 264 g/mol. The molecule has 22 heavy (non-hydrogen) atoms. The van der Waals surface area contributed by atoms with Gasteiger partial charge in [0.2, 0.25) is 0 Å². The van der Waals surface area contributed by atoms with Gasteiger partial charge in [-0.05, 0) is 41.2 Å². The first-order chi connectivity index (χ1) is 10.8. The molecular formula is C22H20. The fraction of sp³-hybridized carbons (Fsp3) is 0.0909. The molecule has 0 aliphatic heterocycles. The van der Waals surface area contributed by atoms with Crippen LogP contribution in [0.15, 0.2) is 91.0 Å². The summed E-state index contributed by atoms with van der Waals surface area (Å²) in [7, 11) is 0. The highest BCUT2D eigenvalue weighted by molar-refractivity contribution is 5.90. The van der Waals surface area contributed by atoms with Crippen molar-refractivity contribution in [3.8, 4) is 0 Å². The molecule has 3 aromatic rings. The molecule has 3 rings (SSSR count). The minimum absolute atomic E-state index is 0.950. The fourth-order valence-corrected chi connectivity index (χ4v) is 2.75. The molecule has 0 bridgehead atoms. The van der Waals surface area contributed by atoms with Crippen molar-refractivity contribution in [1.29, 1.82) is 0 Å². The Morgan fingerprint density at radius 2 is 1.05 bits per heavy atom. The van der Waals surface area contributed by atoms with Crippen LogP contribution in [0.5, 0.6) is 0 Å². The summed E-state index contributed by atoms with van der Waals surface area (Å²) in [6.07, 6.45) is 0.950. The van der Waals surface area contributed by atoms with Gasteiger partial charge in [-0.2, -0.15) is 0 Å². The van der Waals surface area contributed by atoms with E-state index in [1.54, 1.807) is 0 Å². The zero-order valence-electron chi connectivity index (χ0n) is 12.9. The highest BCUT2D eigenvalue weighted by Crippen LogP contribution is 2.29. The lowest BCUT2D eigenvalue weighted by atomic mass is 9.91. The van der Waals surface area contributed by atoms with Crippen molar-refractivity contribution in [3.05, 3.63) is 108 Å². The third-order valence-electron chi connectivity index (χ3n) is 4.01. The van der Waals surface area contributed by atoms with Gasteiger partial charge in [0.15, 0.2) is 0 Å². The Hall–Kier alpha value is -2.60. The van der Waals surface area contributed by atoms with Crippen molar-refractivity contribution in [2.75, 3.05) is 0 Å². The summed E-state index contributed by atoms with van der Waals surface area (Å²) in [4.78, 5) is 0. The van der Waals surface area contributed by atoms with Crippen LogP contribution >= 0.6 is 0 Å². The molecule has 0 aliphatic rings. The third-order valence-corrected chi connectivity index (χ3v) is 4.01. The van der Waals surface area contributed by atoms with Gasteiger partial charge in [0.25, 0.3) is 0 Å². The molecule has 0 amide bonds. The van der Waals surface area contributed by atoms with Crippen LogP contribution in [-0.4, -0.2) is 0 Å². The maximum Gasteiger partial charge on any atom is -0.00170 e. The SMILES string of the molecule is CC(=C(Cc1ccccc1)c1ccccc1)c1ccccc1. The number of hydrogen-bond acceptors (Lipinski definition) is 0. The third kappa shape index (κ3) is 3.35. The topological polar surface area (TPSA) is 0 Å². The van der Waals surface area contributed by atoms with E-state index in [0.29, 0.717) is 0 Å². The summed E-state index contributed by atoms with van der Waals surface area (Å²) >= 11 is 0. The molecule has 0 saturated heterocycles. The Labute approximate surface area is 132 Å². The highest BCUT2D eigenvalue weighted by Gasteiger charge is 2.08. The lowest BCUT2D eigenvalue weighted by molar-refractivity contribution is 1.28. The Kier molecular flexibility index (Phi) is 4.50. The molecule has 108 valence electrons. The number of benzene rings is 3. The van der Waals surface area contributed by atoms with E-state index in [0.717, 1.165) is 6.42 Å². The van der Waals surface area contributed by atoms with Crippen LogP contribution in [0.1, 0.15) is 23.6 Å². The van der Waals surface area contributed by atoms with Crippen LogP contribution in [0.2, 0.25) is 0 Å². The first-order valence-electron chi connectivity index (χ1n) is 7.69. The predicted octanol–water partition coefficient (Wildman–Crippen LogP) is 5.86. The van der Waals surface area contributed by atoms with Crippen LogP contribution in [0.25, 0.3) is 11.1 Å². The Morgan fingerprint density at radius 1 is 0.591 bits per heavy atom. The second-order valence-electron chi connectivity index (χ2n) is 5.50. The van der Waals surface area contributed by atoms with Crippen molar-refractivity contribution >= 4 is 11.1 Å². The van der Waals surface area contributed by atoms with Gasteiger partial charge in [0.05, 0.1) is 0 Å². The maximum absolute atomic E-state index is 2.22. The molecule has 0 unspecified atom stereocenters. The van der Waals surface area contributed by atoms with Gasteiger partial charge >= 0.3 is 0 Å². The van der Waals surface area contributed by atoms with Gasteiger partial charge in [-0.25, -0.2) is 0 Å². The summed E-state index contributed by atoms with van der Waals surface area (Å²) in [6.45, 7) is 2.22. The van der Waals surface area contributed by atoms with E-state index >= 15 is 0 Å². The second kappa shape index (κ2) is 6.91. The van der Waals surface area contributed by atoms with Crippen LogP contribution in [-0.2, 0) is 6.42 Å². The first-order valence-corrected chi connectivity index (χ1v) is 7.69. The quantitative estimate of drug-likeness (QED) is 0.526. The van der Waals surface area contributed by atoms with Crippen LogP contribution in [0.4, 0.5) is 0 Å². The van der Waals surface area contributed by atoms with E-state index in [2.05, 4.69) is 97.9 Å². The molecule has 0 aliphatic carbocycles. The first kappa shape index (κ1) is 14.3. The van der Waals surface area contributed by atoms with Crippen LogP contribution in [0.3, 0.4) is 0 Å². The van der Waals surface area contributed by atoms with E-state index in [4.69, 9.17) is 0 Å². The van der Waals surface area contributed by atoms with Gasteiger partial charge in [-0.15, -0.1) is 0 Å². The summed E-state index contributed by atoms with van der Waals surface area (Å²) < 4.78 is 0. The lowest BCUT2D eigenvalue weighted by Crippen LogP contribution is -1.95. The fourth-order valence-electron chi connectivity index (χ4n) is 2.75. The van der Waals surface area contributed by atoms with E-state index in [1.165, 1.54) is 27.8 Å². The van der Waals surface area contributed by atoms with Gasteiger partial charge < -0.3 is 0 Å². The number of rotatable bonds is 4. The standard InChI is InChI=1S/C22H20/c1-18(20-13-7-3-8-14-20)22(21-15-9-4-10-16-21)17-19-11-5-2-6-12-19/h2-16H,17H2,1H3. The Balaban J connectivity index is 2.07. The Morgan fingerprint density at radius 3 is 1.59 bits per heavy atom. The molecule has 0 aromatic heterocycles. The minimum atomic E-state index is 0.950. The smallest absolute Gasteiger partial charge is 0.00170 e. The molecule has 0 heterocycles. The number of allylic oxidation sites excluding steroid dienone is 2. The van der Waals surface area contributed by atoms with E-state index in [9.17, 15) is 0 Å². The second-order valence-corrected chi connectivity index (χ2v) is 5.50. The summed E-state index contributed by atoms with van der Waals surface area (Å²) in [5, 5.41) is 0. The van der Waals surface area contributed by atoms with Gasteiger partial charge in [-0.3, -0.25) is 0 Å². The monoisotopic (exact) mass is 284 g/mol. The van der Waals surface area contributed by atoms with Crippen molar-refractivity contribution in [2.24, 2.45) is 0 Å². The molecule has 0 N–H and O–H groups in total. The predicted molar refractivity (Wildman–Crippen MR) is 95.5 cm³/mol. The molecule has 0 nitrogen and oxygen atoms in total. The van der Waals surface area contributed by atoms with Crippen molar-refractivity contribution in [3.63, 3.8) is 0 Å². The van der Waals surface area contributed by atoms with Crippen molar-refractivity contribution in [2.45, 2.75) is 13.3 Å². The largest absolute Gasteiger partial charge is 0.0622 e. The van der Waals surface area contributed by atoms with Gasteiger partial charge in [0.1, 0.15) is 0 Å². The normalized spacial score (nSPS) is 11.9. The zero-order chi connectivity index (χ0) is 15.2. The summed E-state index contributed by atoms with van der Waals surface area (Å²) in [5.74, 6) is 0. The van der Waals surface area contributed by atoms with E-state index < -0.39 is 0 Å². The van der Waals surface area contributed by atoms with Crippen molar-refractivity contribution < 1.29 is 0 Å². The van der Waals surface area contributed by atoms with Crippen molar-refractivity contribution in [1.82, 2.24) is 0 Å². The highest BCUT2D eigenvalue weighted by atomic mass is 14.1. The molecule has 0 radical (unpaired) electrons. The molecule has 0 spiro atoms. The van der Waals surface area contributed by atoms with Gasteiger partial charge in [0, 0.05) is 0 Å². The molecule has 0 heteroatoms. The van der Waals surface area contributed by atoms with Crippen LogP contribution in [0, 0.1) is 0 Å². The average Bonchev–Trinajstić information content (AvgIpc) is 2.61. The number of hydrogen-bond donors (Lipinski definition) is 0. The average molecular weight is 284 g/mol. The Bertz CT molecular complexity index is 738. The molecule has 0 saturated carbocycles. The molecule has 0 atom stereocenters. The minimum Gasteiger partial charge on any atom is -0.0622 e.